The molecule has 1 aromatic carbocycles. The van der Waals surface area contributed by atoms with E-state index in [9.17, 15) is 13.6 Å². The molecule has 6 heteroatoms. The number of methoxy groups -OCH3 is 1. The molecule has 0 saturated heterocycles. The Kier molecular flexibility index (Phi) is 4.21. The van der Waals surface area contributed by atoms with Gasteiger partial charge in [0.15, 0.2) is 11.6 Å². The van der Waals surface area contributed by atoms with Crippen LogP contribution in [0.4, 0.5) is 8.78 Å². The predicted octanol–water partition coefficient (Wildman–Crippen LogP) is 3.64. The molecular formula is C13H10F2O3S. The maximum absolute atomic E-state index is 13.0. The molecular weight excluding hydrogens is 274 g/mol. The van der Waals surface area contributed by atoms with Crippen molar-refractivity contribution < 1.29 is 22.7 Å². The molecule has 1 aromatic heterocycles. The van der Waals surface area contributed by atoms with Gasteiger partial charge in [0.25, 0.3) is 0 Å². The largest absolute Gasteiger partial charge is 0.468 e. The van der Waals surface area contributed by atoms with Gasteiger partial charge >= 0.3 is 5.97 Å². The summed E-state index contributed by atoms with van der Waals surface area (Å²) in [6.45, 7) is 0. The van der Waals surface area contributed by atoms with Crippen LogP contribution < -0.4 is 0 Å². The molecule has 0 unspecified atom stereocenters. The summed E-state index contributed by atoms with van der Waals surface area (Å²) in [5, 5.41) is 0. The predicted molar refractivity (Wildman–Crippen MR) is 66.0 cm³/mol. The Morgan fingerprint density at radius 2 is 2.11 bits per heavy atom. The quantitative estimate of drug-likeness (QED) is 0.635. The molecule has 2 aromatic rings. The van der Waals surface area contributed by atoms with Gasteiger partial charge in [0.1, 0.15) is 11.3 Å². The van der Waals surface area contributed by atoms with Gasteiger partial charge in [-0.25, -0.2) is 13.6 Å². The Labute approximate surface area is 112 Å². The normalized spacial score (nSPS) is 10.5. The molecule has 100 valence electrons. The van der Waals surface area contributed by atoms with Gasteiger partial charge in [0.05, 0.1) is 19.1 Å². The molecule has 0 aliphatic carbocycles. The van der Waals surface area contributed by atoms with Crippen LogP contribution in [-0.2, 0) is 10.5 Å². The molecule has 0 aliphatic heterocycles. The third-order valence-electron chi connectivity index (χ3n) is 2.41. The first kappa shape index (κ1) is 13.6. The first-order valence-electron chi connectivity index (χ1n) is 5.34. The van der Waals surface area contributed by atoms with E-state index in [4.69, 9.17) is 4.42 Å². The highest BCUT2D eigenvalue weighted by Crippen LogP contribution is 2.26. The first-order chi connectivity index (χ1) is 9.11. The standard InChI is InChI=1S/C13H10F2O3S/c1-17-13(16)9-4-5-18-12(9)7-19-8-2-3-10(14)11(15)6-8/h2-6H,7H2,1H3. The van der Waals surface area contributed by atoms with Crippen LogP contribution in [0.1, 0.15) is 16.1 Å². The number of carbonyl (C=O) groups excluding carboxylic acids is 1. The molecule has 0 fully saturated rings. The van der Waals surface area contributed by atoms with Gasteiger partial charge in [0.2, 0.25) is 0 Å². The lowest BCUT2D eigenvalue weighted by Gasteiger charge is -2.02. The van der Waals surface area contributed by atoms with Crippen molar-refractivity contribution in [3.05, 3.63) is 53.5 Å². The van der Waals surface area contributed by atoms with Crippen molar-refractivity contribution in [2.75, 3.05) is 7.11 Å². The zero-order chi connectivity index (χ0) is 13.8. The van der Waals surface area contributed by atoms with Gasteiger partial charge in [-0.2, -0.15) is 0 Å². The highest BCUT2D eigenvalue weighted by Gasteiger charge is 2.15. The summed E-state index contributed by atoms with van der Waals surface area (Å²) in [5.74, 6) is -1.53. The molecule has 0 radical (unpaired) electrons. The summed E-state index contributed by atoms with van der Waals surface area (Å²) >= 11 is 1.23. The van der Waals surface area contributed by atoms with Gasteiger partial charge in [-0.3, -0.25) is 0 Å². The lowest BCUT2D eigenvalue weighted by molar-refractivity contribution is 0.0598. The Bertz CT molecular complexity index is 595. The van der Waals surface area contributed by atoms with E-state index < -0.39 is 17.6 Å². The number of rotatable bonds is 4. The molecule has 0 aliphatic rings. The Morgan fingerprint density at radius 3 is 2.79 bits per heavy atom. The molecule has 19 heavy (non-hydrogen) atoms. The van der Waals surface area contributed by atoms with E-state index in [0.29, 0.717) is 22.0 Å². The molecule has 3 nitrogen and oxygen atoms in total. The number of hydrogen-bond donors (Lipinski definition) is 0. The average Bonchev–Trinajstić information content (AvgIpc) is 2.87. The van der Waals surface area contributed by atoms with Crippen LogP contribution in [0.25, 0.3) is 0 Å². The van der Waals surface area contributed by atoms with Crippen LogP contribution in [0.15, 0.2) is 39.8 Å². The molecule has 0 N–H and O–H groups in total. The molecule has 0 amide bonds. The highest BCUT2D eigenvalue weighted by molar-refractivity contribution is 7.98. The second-order valence-electron chi connectivity index (χ2n) is 3.61. The lowest BCUT2D eigenvalue weighted by Crippen LogP contribution is -2.02. The summed E-state index contributed by atoms with van der Waals surface area (Å²) in [7, 11) is 1.28. The van der Waals surface area contributed by atoms with E-state index in [1.54, 1.807) is 0 Å². The molecule has 0 bridgehead atoms. The summed E-state index contributed by atoms with van der Waals surface area (Å²) < 4.78 is 35.6. The van der Waals surface area contributed by atoms with Crippen molar-refractivity contribution in [1.82, 2.24) is 0 Å². The summed E-state index contributed by atoms with van der Waals surface area (Å²) in [6, 6.07) is 5.12. The SMILES string of the molecule is COC(=O)c1ccoc1CSc1ccc(F)c(F)c1. The fourth-order valence-electron chi connectivity index (χ4n) is 1.46. The van der Waals surface area contributed by atoms with Crippen LogP contribution in [0.5, 0.6) is 0 Å². The Balaban J connectivity index is 2.08. The van der Waals surface area contributed by atoms with E-state index >= 15 is 0 Å². The van der Waals surface area contributed by atoms with Crippen LogP contribution in [0.3, 0.4) is 0 Å². The fraction of sp³-hybridized carbons (Fsp3) is 0.154. The monoisotopic (exact) mass is 284 g/mol. The third kappa shape index (κ3) is 3.14. The van der Waals surface area contributed by atoms with E-state index in [-0.39, 0.29) is 0 Å². The Morgan fingerprint density at radius 1 is 1.32 bits per heavy atom. The molecule has 1 heterocycles. The van der Waals surface area contributed by atoms with Crippen LogP contribution in [0.2, 0.25) is 0 Å². The summed E-state index contributed by atoms with van der Waals surface area (Å²) in [5.41, 5.74) is 0.331. The first-order valence-corrected chi connectivity index (χ1v) is 6.33. The molecule has 2 rings (SSSR count). The van der Waals surface area contributed by atoms with Crippen molar-refractivity contribution >= 4 is 17.7 Å². The molecule has 0 saturated carbocycles. The van der Waals surface area contributed by atoms with Gasteiger partial charge in [-0.05, 0) is 24.3 Å². The van der Waals surface area contributed by atoms with E-state index in [0.717, 1.165) is 12.1 Å². The lowest BCUT2D eigenvalue weighted by atomic mass is 10.3. The minimum Gasteiger partial charge on any atom is -0.468 e. The third-order valence-corrected chi connectivity index (χ3v) is 3.41. The molecule has 0 atom stereocenters. The number of ether oxygens (including phenoxy) is 1. The van der Waals surface area contributed by atoms with E-state index in [1.165, 1.54) is 37.3 Å². The number of carbonyl (C=O) groups is 1. The zero-order valence-electron chi connectivity index (χ0n) is 9.98. The van der Waals surface area contributed by atoms with E-state index in [1.807, 2.05) is 0 Å². The van der Waals surface area contributed by atoms with E-state index in [2.05, 4.69) is 4.74 Å². The number of hydrogen-bond acceptors (Lipinski definition) is 4. The van der Waals surface area contributed by atoms with Gasteiger partial charge in [-0.1, -0.05) is 0 Å². The van der Waals surface area contributed by atoms with Crippen LogP contribution >= 0.6 is 11.8 Å². The number of thioether (sulfide) groups is 1. The topological polar surface area (TPSA) is 39.4 Å². The maximum atomic E-state index is 13.0. The average molecular weight is 284 g/mol. The summed E-state index contributed by atoms with van der Waals surface area (Å²) in [6.07, 6.45) is 1.38. The zero-order valence-corrected chi connectivity index (χ0v) is 10.8. The number of benzene rings is 1. The van der Waals surface area contributed by atoms with Gasteiger partial charge in [-0.15, -0.1) is 11.8 Å². The number of esters is 1. The van der Waals surface area contributed by atoms with Crippen molar-refractivity contribution in [2.24, 2.45) is 0 Å². The van der Waals surface area contributed by atoms with Crippen molar-refractivity contribution in [3.8, 4) is 0 Å². The van der Waals surface area contributed by atoms with Gasteiger partial charge < -0.3 is 9.15 Å². The minimum atomic E-state index is -0.905. The van der Waals surface area contributed by atoms with Crippen LogP contribution in [0, 0.1) is 11.6 Å². The van der Waals surface area contributed by atoms with Crippen molar-refractivity contribution in [3.63, 3.8) is 0 Å². The van der Waals surface area contributed by atoms with Gasteiger partial charge in [0, 0.05) is 4.90 Å². The van der Waals surface area contributed by atoms with Crippen LogP contribution in [-0.4, -0.2) is 13.1 Å². The molecule has 0 spiro atoms. The highest BCUT2D eigenvalue weighted by atomic mass is 32.2. The van der Waals surface area contributed by atoms with Crippen molar-refractivity contribution in [1.29, 1.82) is 0 Å². The minimum absolute atomic E-state index is 0.322. The number of halogens is 2. The van der Waals surface area contributed by atoms with Crippen molar-refractivity contribution in [2.45, 2.75) is 10.6 Å². The Hall–Kier alpha value is -1.82. The maximum Gasteiger partial charge on any atom is 0.341 e. The second-order valence-corrected chi connectivity index (χ2v) is 4.66. The fourth-order valence-corrected chi connectivity index (χ4v) is 2.33. The second kappa shape index (κ2) is 5.88. The smallest absolute Gasteiger partial charge is 0.341 e. The number of furan rings is 1. The summed E-state index contributed by atoms with van der Waals surface area (Å²) in [4.78, 5) is 12.0.